The minimum absolute atomic E-state index is 0.194. The Bertz CT molecular complexity index is 1030. The third kappa shape index (κ3) is 5.34. The van der Waals surface area contributed by atoms with Gasteiger partial charge in [-0.2, -0.15) is 5.10 Å². The molecule has 0 aliphatic rings. The molecule has 6 nitrogen and oxygen atoms in total. The number of nitrogens with one attached hydrogen (secondary N) is 1. The SMILES string of the molecule is COc1ccc(/C=N/NC(=O)Cc2sc(-c3ccc(Cl)cc3OC)nc2C)cc1. The zero-order valence-corrected chi connectivity index (χ0v) is 17.8. The van der Waals surface area contributed by atoms with E-state index in [0.717, 1.165) is 32.5 Å². The van der Waals surface area contributed by atoms with Crippen molar-refractivity contribution in [2.45, 2.75) is 13.3 Å². The normalized spacial score (nSPS) is 10.9. The number of thiazole rings is 1. The van der Waals surface area contributed by atoms with Gasteiger partial charge in [-0.15, -0.1) is 11.3 Å². The van der Waals surface area contributed by atoms with Crippen LogP contribution in [0.2, 0.25) is 5.02 Å². The molecule has 0 spiro atoms. The van der Waals surface area contributed by atoms with Crippen LogP contribution in [-0.2, 0) is 11.2 Å². The van der Waals surface area contributed by atoms with E-state index < -0.39 is 0 Å². The van der Waals surface area contributed by atoms with Crippen molar-refractivity contribution in [1.29, 1.82) is 0 Å². The predicted molar refractivity (Wildman–Crippen MR) is 116 cm³/mol. The second kappa shape index (κ2) is 9.54. The molecule has 0 radical (unpaired) electrons. The number of halogens is 1. The van der Waals surface area contributed by atoms with E-state index in [9.17, 15) is 4.79 Å². The second-order valence-electron chi connectivity index (χ2n) is 6.12. The maximum absolute atomic E-state index is 12.3. The van der Waals surface area contributed by atoms with E-state index in [1.807, 2.05) is 37.3 Å². The number of amides is 1. The quantitative estimate of drug-likeness (QED) is 0.444. The number of rotatable bonds is 7. The van der Waals surface area contributed by atoms with Crippen molar-refractivity contribution in [3.63, 3.8) is 0 Å². The average molecular weight is 430 g/mol. The van der Waals surface area contributed by atoms with Crippen molar-refractivity contribution in [2.24, 2.45) is 5.10 Å². The summed E-state index contributed by atoms with van der Waals surface area (Å²) in [6.07, 6.45) is 1.78. The Morgan fingerprint density at radius 2 is 1.97 bits per heavy atom. The number of ether oxygens (including phenoxy) is 2. The Morgan fingerprint density at radius 3 is 2.66 bits per heavy atom. The monoisotopic (exact) mass is 429 g/mol. The third-order valence-corrected chi connectivity index (χ3v) is 5.55. The van der Waals surface area contributed by atoms with Gasteiger partial charge in [0.15, 0.2) is 0 Å². The smallest absolute Gasteiger partial charge is 0.245 e. The Labute approximate surface area is 178 Å². The number of aromatic nitrogens is 1. The summed E-state index contributed by atoms with van der Waals surface area (Å²) in [7, 11) is 3.20. The summed E-state index contributed by atoms with van der Waals surface area (Å²) >= 11 is 7.48. The van der Waals surface area contributed by atoms with Gasteiger partial charge < -0.3 is 9.47 Å². The number of carbonyl (C=O) groups excluding carboxylic acids is 1. The molecule has 0 fully saturated rings. The molecule has 0 atom stereocenters. The molecule has 0 saturated heterocycles. The van der Waals surface area contributed by atoms with Crippen molar-refractivity contribution < 1.29 is 14.3 Å². The number of nitrogens with zero attached hydrogens (tertiary/aromatic N) is 2. The highest BCUT2D eigenvalue weighted by Crippen LogP contribution is 2.36. The van der Waals surface area contributed by atoms with Crippen molar-refractivity contribution >= 4 is 35.1 Å². The number of methoxy groups -OCH3 is 2. The molecule has 1 N–H and O–H groups in total. The maximum atomic E-state index is 12.3. The summed E-state index contributed by atoms with van der Waals surface area (Å²) < 4.78 is 10.5. The molecule has 8 heteroatoms. The van der Waals surface area contributed by atoms with Crippen molar-refractivity contribution in [1.82, 2.24) is 10.4 Å². The highest BCUT2D eigenvalue weighted by atomic mass is 35.5. The summed E-state index contributed by atoms with van der Waals surface area (Å²) in [5.41, 5.74) is 5.05. The van der Waals surface area contributed by atoms with Crippen LogP contribution in [0.25, 0.3) is 10.6 Å². The van der Waals surface area contributed by atoms with Crippen LogP contribution in [0.5, 0.6) is 11.5 Å². The number of hydrogen-bond acceptors (Lipinski definition) is 6. The van der Waals surface area contributed by atoms with Crippen LogP contribution >= 0.6 is 22.9 Å². The van der Waals surface area contributed by atoms with Gasteiger partial charge in [-0.05, 0) is 55.0 Å². The van der Waals surface area contributed by atoms with Crippen LogP contribution < -0.4 is 14.9 Å². The number of aryl methyl sites for hydroxylation is 1. The van der Waals surface area contributed by atoms with Crippen LogP contribution in [0.3, 0.4) is 0 Å². The molecule has 0 bridgehead atoms. The average Bonchev–Trinajstić information content (AvgIpc) is 3.08. The fourth-order valence-electron chi connectivity index (χ4n) is 2.60. The molecule has 0 aliphatic heterocycles. The van der Waals surface area contributed by atoms with Gasteiger partial charge in [0.2, 0.25) is 5.91 Å². The van der Waals surface area contributed by atoms with Crippen LogP contribution in [0.4, 0.5) is 0 Å². The van der Waals surface area contributed by atoms with Crippen molar-refractivity contribution in [2.75, 3.05) is 14.2 Å². The first kappa shape index (κ1) is 20.8. The Morgan fingerprint density at radius 1 is 1.21 bits per heavy atom. The third-order valence-electron chi connectivity index (χ3n) is 4.13. The standard InChI is InChI=1S/C21H20ClN3O3S/c1-13-19(29-21(24-13)17-9-6-15(22)10-18(17)28-3)11-20(26)25-23-12-14-4-7-16(27-2)8-5-14/h4-10,12H,11H2,1-3H3,(H,25,26)/b23-12+. The summed E-state index contributed by atoms with van der Waals surface area (Å²) in [5.74, 6) is 1.20. The molecular weight excluding hydrogens is 410 g/mol. The van der Waals surface area contributed by atoms with Gasteiger partial charge in [-0.3, -0.25) is 4.79 Å². The summed E-state index contributed by atoms with van der Waals surface area (Å²) in [6.45, 7) is 1.88. The van der Waals surface area contributed by atoms with Gasteiger partial charge in [0.05, 0.1) is 38.1 Å². The molecule has 0 unspecified atom stereocenters. The number of hydrazone groups is 1. The van der Waals surface area contributed by atoms with Crippen LogP contribution in [0.1, 0.15) is 16.1 Å². The van der Waals surface area contributed by atoms with Crippen LogP contribution in [0, 0.1) is 6.92 Å². The molecular formula is C21H20ClN3O3S. The molecule has 0 aliphatic carbocycles. The number of carbonyl (C=O) groups is 1. The maximum Gasteiger partial charge on any atom is 0.245 e. The molecule has 3 rings (SSSR count). The Hall–Kier alpha value is -2.90. The molecule has 29 heavy (non-hydrogen) atoms. The molecule has 1 aromatic heterocycles. The summed E-state index contributed by atoms with van der Waals surface area (Å²) in [4.78, 5) is 17.7. The fraction of sp³-hybridized carbons (Fsp3) is 0.190. The lowest BCUT2D eigenvalue weighted by molar-refractivity contribution is -0.120. The van der Waals surface area contributed by atoms with Crippen LogP contribution in [-0.4, -0.2) is 31.3 Å². The largest absolute Gasteiger partial charge is 0.497 e. The van der Waals surface area contributed by atoms with E-state index in [2.05, 4.69) is 15.5 Å². The lowest BCUT2D eigenvalue weighted by Crippen LogP contribution is -2.19. The van der Waals surface area contributed by atoms with Gasteiger partial charge >= 0.3 is 0 Å². The van der Waals surface area contributed by atoms with E-state index in [1.54, 1.807) is 32.6 Å². The topological polar surface area (TPSA) is 72.8 Å². The molecule has 3 aromatic rings. The van der Waals surface area contributed by atoms with E-state index in [1.165, 1.54) is 11.3 Å². The molecule has 1 amide bonds. The first-order valence-corrected chi connectivity index (χ1v) is 9.95. The lowest BCUT2D eigenvalue weighted by Gasteiger charge is -2.05. The van der Waals surface area contributed by atoms with E-state index >= 15 is 0 Å². The van der Waals surface area contributed by atoms with E-state index in [0.29, 0.717) is 10.8 Å². The summed E-state index contributed by atoms with van der Waals surface area (Å²) in [5, 5.41) is 5.38. The van der Waals surface area contributed by atoms with Gasteiger partial charge in [0, 0.05) is 9.90 Å². The zero-order chi connectivity index (χ0) is 20.8. The molecule has 150 valence electrons. The second-order valence-corrected chi connectivity index (χ2v) is 7.64. The highest BCUT2D eigenvalue weighted by Gasteiger charge is 2.15. The molecule has 0 saturated carbocycles. The highest BCUT2D eigenvalue weighted by molar-refractivity contribution is 7.15. The van der Waals surface area contributed by atoms with Crippen molar-refractivity contribution in [3.05, 3.63) is 63.6 Å². The number of benzene rings is 2. The summed E-state index contributed by atoms with van der Waals surface area (Å²) in [6, 6.07) is 12.8. The van der Waals surface area contributed by atoms with Gasteiger partial charge in [-0.1, -0.05) is 11.6 Å². The lowest BCUT2D eigenvalue weighted by atomic mass is 10.2. The predicted octanol–water partition coefficient (Wildman–Crippen LogP) is 4.48. The first-order valence-electron chi connectivity index (χ1n) is 8.76. The minimum atomic E-state index is -0.212. The van der Waals surface area contributed by atoms with E-state index in [-0.39, 0.29) is 12.3 Å². The minimum Gasteiger partial charge on any atom is -0.497 e. The molecule has 2 aromatic carbocycles. The van der Waals surface area contributed by atoms with E-state index in [4.69, 9.17) is 21.1 Å². The van der Waals surface area contributed by atoms with Gasteiger partial charge in [0.1, 0.15) is 16.5 Å². The Balaban J connectivity index is 1.66. The zero-order valence-electron chi connectivity index (χ0n) is 16.2. The van der Waals surface area contributed by atoms with Crippen LogP contribution in [0.15, 0.2) is 47.6 Å². The molecule has 1 heterocycles. The fourth-order valence-corrected chi connectivity index (χ4v) is 3.86. The van der Waals surface area contributed by atoms with Gasteiger partial charge in [-0.25, -0.2) is 10.4 Å². The van der Waals surface area contributed by atoms with Crippen molar-refractivity contribution in [3.8, 4) is 22.1 Å². The first-order chi connectivity index (χ1) is 14.0. The number of hydrogen-bond donors (Lipinski definition) is 1. The van der Waals surface area contributed by atoms with Gasteiger partial charge in [0.25, 0.3) is 0 Å². The Kier molecular flexibility index (Phi) is 6.85.